The summed E-state index contributed by atoms with van der Waals surface area (Å²) >= 11 is 1.66. The van der Waals surface area contributed by atoms with Crippen LogP contribution in [0.5, 0.6) is 17.2 Å². The number of hydrogen-bond acceptors (Lipinski definition) is 12. The number of hydrogen-bond donors (Lipinski definition) is 2. The summed E-state index contributed by atoms with van der Waals surface area (Å²) in [6.45, 7) is 4.47. The highest BCUT2D eigenvalue weighted by Gasteiger charge is 2.64. The zero-order chi connectivity index (χ0) is 44.6. The number of fused-ring (bicyclic) bond motifs is 3. The van der Waals surface area contributed by atoms with E-state index >= 15 is 0 Å². The third kappa shape index (κ3) is 9.55. The van der Waals surface area contributed by atoms with Crippen LogP contribution in [0, 0.1) is 38.0 Å². The number of aliphatic hydroxyl groups excluding tert-OH is 2. The molecule has 332 valence electrons. The van der Waals surface area contributed by atoms with Gasteiger partial charge in [0.05, 0.1) is 39.4 Å². The van der Waals surface area contributed by atoms with Crippen molar-refractivity contribution in [3.05, 3.63) is 165 Å². The predicted molar refractivity (Wildman–Crippen MR) is 246 cm³/mol. The van der Waals surface area contributed by atoms with Crippen LogP contribution in [0.4, 0.5) is 11.4 Å². The Hall–Kier alpha value is -6.06. The van der Waals surface area contributed by atoms with Crippen LogP contribution in [0.3, 0.4) is 0 Å². The normalized spacial score (nSPS) is 22.8. The smallest absolute Gasteiger partial charge is 0.273 e. The van der Waals surface area contributed by atoms with Crippen molar-refractivity contribution in [1.82, 2.24) is 0 Å². The van der Waals surface area contributed by atoms with E-state index < -0.39 is 21.6 Å². The molecule has 0 amide bonds. The molecule has 0 bridgehead atoms. The molecule has 6 unspecified atom stereocenters. The van der Waals surface area contributed by atoms with Crippen molar-refractivity contribution in [1.29, 1.82) is 0 Å². The fraction of sp³-hybridized carbons (Fsp3) is 0.340. The van der Waals surface area contributed by atoms with E-state index in [1.54, 1.807) is 42.1 Å². The molecule has 3 aliphatic rings. The maximum Gasteiger partial charge on any atom is 0.273 e. The van der Waals surface area contributed by atoms with E-state index in [0.717, 1.165) is 63.8 Å². The molecule has 5 aromatic carbocycles. The van der Waals surface area contributed by atoms with Crippen molar-refractivity contribution in [3.63, 3.8) is 0 Å². The molecule has 13 nitrogen and oxygen atoms in total. The van der Waals surface area contributed by atoms with Crippen molar-refractivity contribution in [3.8, 4) is 17.2 Å². The molecule has 1 aliphatic heterocycles. The standard InChI is InChI=1S/C50H51N3O10S/c1-2-26-60-50-47(64-41-22-18-34-10-3-4-11-35(34)27-41)31-45(51-61-32-33-16-19-37(20-17-33)52(56)57)43-28-36(12-5-7-24-54)42(15-6-8-25-55)48(49(43)50)44-30-40(21-23-46(44)63-50)62-39-14-9-13-38(29-39)53(58)59/h2-4,9-11,13-14,16-23,27-30,36,42,47-49,54-55H,1,5-8,12,15,24-26,31-32H2. The number of ether oxygens (including phenoxy) is 3. The molecule has 14 heteroatoms. The number of non-ortho nitro benzene ring substituents is 2. The zero-order valence-corrected chi connectivity index (χ0v) is 36.1. The van der Waals surface area contributed by atoms with Gasteiger partial charge in [-0.05, 0) is 108 Å². The number of oxime groups is 1. The molecule has 1 fully saturated rings. The van der Waals surface area contributed by atoms with Gasteiger partial charge in [0, 0.05) is 54.2 Å². The van der Waals surface area contributed by atoms with Gasteiger partial charge in [-0.3, -0.25) is 20.2 Å². The molecule has 6 atom stereocenters. The van der Waals surface area contributed by atoms with Gasteiger partial charge >= 0.3 is 0 Å². The Morgan fingerprint density at radius 2 is 1.58 bits per heavy atom. The molecule has 5 aromatic rings. The fourth-order valence-electron chi connectivity index (χ4n) is 9.59. The molecule has 1 heterocycles. The highest BCUT2D eigenvalue weighted by Crippen LogP contribution is 2.63. The van der Waals surface area contributed by atoms with Crippen LogP contribution in [-0.4, -0.2) is 56.6 Å². The van der Waals surface area contributed by atoms with E-state index in [4.69, 9.17) is 24.2 Å². The lowest BCUT2D eigenvalue weighted by Gasteiger charge is -2.58. The second-order valence-electron chi connectivity index (χ2n) is 16.4. The van der Waals surface area contributed by atoms with Crippen LogP contribution in [-0.2, 0) is 16.2 Å². The van der Waals surface area contributed by atoms with Crippen LogP contribution in [0.1, 0.15) is 62.0 Å². The minimum absolute atomic E-state index is 0.0119. The van der Waals surface area contributed by atoms with Crippen molar-refractivity contribution < 1.29 is 39.1 Å². The first-order chi connectivity index (χ1) is 31.2. The van der Waals surface area contributed by atoms with Crippen molar-refractivity contribution in [2.45, 2.75) is 73.4 Å². The highest BCUT2D eigenvalue weighted by molar-refractivity contribution is 8.00. The third-order valence-electron chi connectivity index (χ3n) is 12.4. The van der Waals surface area contributed by atoms with E-state index in [-0.39, 0.29) is 60.8 Å². The molecule has 8 rings (SSSR count). The second kappa shape index (κ2) is 20.2. The number of rotatable bonds is 20. The van der Waals surface area contributed by atoms with Crippen molar-refractivity contribution >= 4 is 39.6 Å². The highest BCUT2D eigenvalue weighted by atomic mass is 32.2. The molecule has 2 aliphatic carbocycles. The van der Waals surface area contributed by atoms with Gasteiger partial charge in [0.1, 0.15) is 23.9 Å². The summed E-state index contributed by atoms with van der Waals surface area (Å²) in [6, 6.07) is 32.6. The molecule has 64 heavy (non-hydrogen) atoms. The van der Waals surface area contributed by atoms with E-state index in [0.29, 0.717) is 36.5 Å². The molecule has 0 saturated heterocycles. The van der Waals surface area contributed by atoms with E-state index in [2.05, 4.69) is 43.0 Å². The number of aliphatic hydroxyl groups is 2. The Bertz CT molecular complexity index is 2550. The van der Waals surface area contributed by atoms with Crippen LogP contribution in [0.15, 0.2) is 144 Å². The number of thioether (sulfide) groups is 1. The summed E-state index contributed by atoms with van der Waals surface area (Å²) < 4.78 is 20.8. The lowest BCUT2D eigenvalue weighted by Crippen LogP contribution is -2.64. The maximum atomic E-state index is 11.7. The third-order valence-corrected chi connectivity index (χ3v) is 13.7. The maximum absolute atomic E-state index is 11.7. The van der Waals surface area contributed by atoms with Gasteiger partial charge in [-0.2, -0.15) is 0 Å². The second-order valence-corrected chi connectivity index (χ2v) is 17.7. The Labute approximate surface area is 375 Å². The van der Waals surface area contributed by atoms with Crippen LogP contribution in [0.25, 0.3) is 10.8 Å². The minimum Gasteiger partial charge on any atom is -0.460 e. The average Bonchev–Trinajstić information content (AvgIpc) is 3.30. The largest absolute Gasteiger partial charge is 0.460 e. The number of benzene rings is 5. The molecule has 0 aromatic heterocycles. The molecule has 0 radical (unpaired) electrons. The van der Waals surface area contributed by atoms with Gasteiger partial charge in [-0.1, -0.05) is 66.5 Å². The van der Waals surface area contributed by atoms with Crippen molar-refractivity contribution in [2.75, 3.05) is 19.8 Å². The number of allylic oxidation sites excluding steroid dienone is 1. The van der Waals surface area contributed by atoms with Gasteiger partial charge in [0.2, 0.25) is 5.79 Å². The number of nitro benzene ring substituents is 2. The average molecular weight is 886 g/mol. The van der Waals surface area contributed by atoms with Crippen LogP contribution in [0.2, 0.25) is 0 Å². The van der Waals surface area contributed by atoms with Gasteiger partial charge in [0.25, 0.3) is 11.4 Å². The van der Waals surface area contributed by atoms with Gasteiger partial charge in [-0.15, -0.1) is 18.3 Å². The molecular weight excluding hydrogens is 835 g/mol. The summed E-state index contributed by atoms with van der Waals surface area (Å²) in [6.07, 6.45) is 8.89. The van der Waals surface area contributed by atoms with Crippen molar-refractivity contribution in [2.24, 2.45) is 22.9 Å². The van der Waals surface area contributed by atoms with E-state index in [1.165, 1.54) is 24.3 Å². The van der Waals surface area contributed by atoms with E-state index in [9.17, 15) is 30.4 Å². The van der Waals surface area contributed by atoms with Gasteiger partial charge in [0.15, 0.2) is 0 Å². The first-order valence-corrected chi connectivity index (χ1v) is 22.6. The summed E-state index contributed by atoms with van der Waals surface area (Å²) in [5.74, 6) is -0.359. The quantitative estimate of drug-likeness (QED) is 0.0329. The predicted octanol–water partition coefficient (Wildman–Crippen LogP) is 11.1. The van der Waals surface area contributed by atoms with Gasteiger partial charge < -0.3 is 29.3 Å². The Morgan fingerprint density at radius 1 is 0.828 bits per heavy atom. The molecule has 1 saturated carbocycles. The topological polar surface area (TPSA) is 176 Å². The number of nitro groups is 2. The van der Waals surface area contributed by atoms with Gasteiger partial charge in [-0.25, -0.2) is 0 Å². The lowest BCUT2D eigenvalue weighted by atomic mass is 9.56. The van der Waals surface area contributed by atoms with Crippen LogP contribution < -0.4 is 9.47 Å². The summed E-state index contributed by atoms with van der Waals surface area (Å²) in [5, 5.41) is 49.7. The Balaban J connectivity index is 1.29. The summed E-state index contributed by atoms with van der Waals surface area (Å²) in [5.41, 5.74) is 3.21. The minimum atomic E-state index is -1.24. The number of unbranched alkanes of at least 4 members (excludes halogenated alkanes) is 2. The van der Waals surface area contributed by atoms with Crippen LogP contribution >= 0.6 is 11.8 Å². The monoisotopic (exact) mass is 885 g/mol. The summed E-state index contributed by atoms with van der Waals surface area (Å²) in [4.78, 5) is 29.3. The Kier molecular flexibility index (Phi) is 14.1. The molecular formula is C50H51N3O10S. The first-order valence-electron chi connectivity index (χ1n) is 21.7. The molecule has 2 N–H and O–H groups in total. The molecule has 0 spiro atoms. The SMILES string of the molecule is C=CCOC12Oc3ccc(Oc4cccc([N+](=O)[O-])c4)cc3C3C(CCCCO)C(CCCCO)C=C(C(=NOCc4ccc([N+](=O)[O-])cc4)CC1Sc1ccc4ccccc4c1)C32. The zero-order valence-electron chi connectivity index (χ0n) is 35.3. The lowest BCUT2D eigenvalue weighted by molar-refractivity contribution is -0.385. The number of nitrogens with zero attached hydrogens (tertiary/aromatic N) is 3. The first kappa shape index (κ1) is 44.5. The Morgan fingerprint density at radius 3 is 2.33 bits per heavy atom. The fourth-order valence-corrected chi connectivity index (χ4v) is 10.9. The van der Waals surface area contributed by atoms with E-state index in [1.807, 2.05) is 30.3 Å². The summed E-state index contributed by atoms with van der Waals surface area (Å²) in [7, 11) is 0.